The summed E-state index contributed by atoms with van der Waals surface area (Å²) in [5.41, 5.74) is 1.77. The van der Waals surface area contributed by atoms with E-state index in [1.165, 1.54) is 0 Å². The molecule has 0 amide bonds. The Labute approximate surface area is 112 Å². The fourth-order valence-corrected chi connectivity index (χ4v) is 2.15. The van der Waals surface area contributed by atoms with Crippen LogP contribution in [-0.2, 0) is 4.74 Å². The molecule has 96 valence electrons. The molecule has 0 radical (unpaired) electrons. The zero-order chi connectivity index (χ0) is 13.1. The first-order valence-corrected chi connectivity index (χ1v) is 6.72. The fraction of sp³-hybridized carbons (Fsp3) is 0.500. The molecule has 0 aromatic heterocycles. The number of rotatable bonds is 4. The van der Waals surface area contributed by atoms with E-state index in [0.29, 0.717) is 4.43 Å². The Morgan fingerprint density at radius 2 is 1.88 bits per heavy atom. The third-order valence-corrected chi connectivity index (χ3v) is 3.30. The maximum Gasteiger partial charge on any atom is 0.414 e. The van der Waals surface area contributed by atoms with Gasteiger partial charge in [-0.1, -0.05) is 46.9 Å². The third kappa shape index (κ3) is 4.13. The minimum Gasteiger partial charge on any atom is -0.360 e. The predicted molar refractivity (Wildman–Crippen MR) is 69.4 cm³/mol. The molecule has 1 nitrogen and oxygen atoms in total. The smallest absolute Gasteiger partial charge is 0.360 e. The molecule has 2 unspecified atom stereocenters. The molecule has 0 aliphatic carbocycles. The van der Waals surface area contributed by atoms with Gasteiger partial charge in [-0.05, 0) is 25.0 Å². The zero-order valence-electron chi connectivity index (χ0n) is 9.59. The maximum atomic E-state index is 12.4. The number of benzene rings is 1. The van der Waals surface area contributed by atoms with Gasteiger partial charge in [0.25, 0.3) is 0 Å². The molecule has 0 heterocycles. The second-order valence-corrected chi connectivity index (χ2v) is 4.70. The van der Waals surface area contributed by atoms with Crippen molar-refractivity contribution in [1.82, 2.24) is 0 Å². The summed E-state index contributed by atoms with van der Waals surface area (Å²) in [6.07, 6.45) is -6.58. The lowest BCUT2D eigenvalue weighted by Gasteiger charge is -2.24. The van der Waals surface area contributed by atoms with Gasteiger partial charge in [0.2, 0.25) is 0 Å². The second kappa shape index (κ2) is 6.04. The molecular formula is C12H14F3IO. The molecule has 0 aliphatic heterocycles. The summed E-state index contributed by atoms with van der Waals surface area (Å²) < 4.78 is 42.9. The number of hydrogen-bond acceptors (Lipinski definition) is 1. The van der Waals surface area contributed by atoms with E-state index in [2.05, 4.69) is 0 Å². The first-order valence-electron chi connectivity index (χ1n) is 5.20. The first kappa shape index (κ1) is 14.8. The monoisotopic (exact) mass is 358 g/mol. The fourth-order valence-electron chi connectivity index (χ4n) is 1.46. The van der Waals surface area contributed by atoms with Crippen LogP contribution >= 0.6 is 22.6 Å². The van der Waals surface area contributed by atoms with Crippen LogP contribution in [0.15, 0.2) is 24.3 Å². The molecule has 0 fully saturated rings. The number of alkyl halides is 4. The van der Waals surface area contributed by atoms with Crippen molar-refractivity contribution in [2.24, 2.45) is 0 Å². The first-order chi connectivity index (χ1) is 7.86. The standard InChI is InChI=1S/C12H14F3IO/c1-8-5-3-4-6-10(8)11(7-16)17-9(2)12(13,14)15/h3-6,9,11H,7H2,1-2H3. The highest BCUT2D eigenvalue weighted by atomic mass is 127. The Hall–Kier alpha value is -0.300. The minimum atomic E-state index is -4.31. The lowest BCUT2D eigenvalue weighted by Crippen LogP contribution is -2.30. The topological polar surface area (TPSA) is 9.23 Å². The van der Waals surface area contributed by atoms with Crippen molar-refractivity contribution in [1.29, 1.82) is 0 Å². The number of hydrogen-bond donors (Lipinski definition) is 0. The number of ether oxygens (including phenoxy) is 1. The third-order valence-electron chi connectivity index (χ3n) is 2.50. The van der Waals surface area contributed by atoms with Crippen molar-refractivity contribution in [3.05, 3.63) is 35.4 Å². The average molecular weight is 358 g/mol. The molecule has 0 saturated heterocycles. The molecule has 1 rings (SSSR count). The van der Waals surface area contributed by atoms with Crippen LogP contribution in [0.2, 0.25) is 0 Å². The van der Waals surface area contributed by atoms with Crippen LogP contribution in [0.25, 0.3) is 0 Å². The predicted octanol–water partition coefficient (Wildman–Crippen LogP) is 4.44. The van der Waals surface area contributed by atoms with E-state index in [1.807, 2.05) is 53.8 Å². The molecule has 2 atom stereocenters. The molecule has 17 heavy (non-hydrogen) atoms. The van der Waals surface area contributed by atoms with Gasteiger partial charge in [-0.15, -0.1) is 0 Å². The van der Waals surface area contributed by atoms with Gasteiger partial charge < -0.3 is 4.74 Å². The van der Waals surface area contributed by atoms with E-state index in [4.69, 9.17) is 4.74 Å². The second-order valence-electron chi connectivity index (χ2n) is 3.82. The van der Waals surface area contributed by atoms with E-state index in [1.54, 1.807) is 0 Å². The zero-order valence-corrected chi connectivity index (χ0v) is 11.7. The highest BCUT2D eigenvalue weighted by molar-refractivity contribution is 14.1. The maximum absolute atomic E-state index is 12.4. The molecular weight excluding hydrogens is 344 g/mol. The van der Waals surface area contributed by atoms with Gasteiger partial charge in [0.15, 0.2) is 6.10 Å². The summed E-state index contributed by atoms with van der Waals surface area (Å²) in [6, 6.07) is 7.34. The van der Waals surface area contributed by atoms with Gasteiger partial charge >= 0.3 is 6.18 Å². The van der Waals surface area contributed by atoms with Crippen LogP contribution in [0.4, 0.5) is 13.2 Å². The van der Waals surface area contributed by atoms with Crippen molar-refractivity contribution in [3.8, 4) is 0 Å². The highest BCUT2D eigenvalue weighted by Gasteiger charge is 2.38. The van der Waals surface area contributed by atoms with Gasteiger partial charge in [-0.25, -0.2) is 0 Å². The lowest BCUT2D eigenvalue weighted by atomic mass is 10.0. The summed E-state index contributed by atoms with van der Waals surface area (Å²) in [5.74, 6) is 0. The van der Waals surface area contributed by atoms with Crippen molar-refractivity contribution >= 4 is 22.6 Å². The van der Waals surface area contributed by atoms with Crippen LogP contribution in [0.3, 0.4) is 0 Å². The van der Waals surface area contributed by atoms with E-state index < -0.39 is 18.4 Å². The Balaban J connectivity index is 2.83. The summed E-state index contributed by atoms with van der Waals surface area (Å²) in [7, 11) is 0. The van der Waals surface area contributed by atoms with Gasteiger partial charge in [-0.3, -0.25) is 0 Å². The van der Waals surface area contributed by atoms with E-state index in [0.717, 1.165) is 18.1 Å². The quantitative estimate of drug-likeness (QED) is 0.571. The van der Waals surface area contributed by atoms with Crippen LogP contribution in [0.1, 0.15) is 24.2 Å². The summed E-state index contributed by atoms with van der Waals surface area (Å²) >= 11 is 2.04. The highest BCUT2D eigenvalue weighted by Crippen LogP contribution is 2.30. The molecule has 0 saturated carbocycles. The molecule has 0 N–H and O–H groups in total. The van der Waals surface area contributed by atoms with Gasteiger partial charge in [0, 0.05) is 4.43 Å². The van der Waals surface area contributed by atoms with Crippen molar-refractivity contribution in [2.75, 3.05) is 4.43 Å². The van der Waals surface area contributed by atoms with Gasteiger partial charge in [0.1, 0.15) is 0 Å². The molecule has 0 spiro atoms. The van der Waals surface area contributed by atoms with E-state index in [9.17, 15) is 13.2 Å². The summed E-state index contributed by atoms with van der Waals surface area (Å²) in [5, 5.41) is 0. The van der Waals surface area contributed by atoms with Crippen LogP contribution in [0.5, 0.6) is 0 Å². The number of aryl methyl sites for hydroxylation is 1. The average Bonchev–Trinajstić information content (AvgIpc) is 2.25. The summed E-state index contributed by atoms with van der Waals surface area (Å²) in [6.45, 7) is 2.91. The van der Waals surface area contributed by atoms with E-state index >= 15 is 0 Å². The van der Waals surface area contributed by atoms with Crippen molar-refractivity contribution in [3.63, 3.8) is 0 Å². The normalized spacial score (nSPS) is 15.6. The lowest BCUT2D eigenvalue weighted by molar-refractivity contribution is -0.225. The van der Waals surface area contributed by atoms with Crippen LogP contribution in [0, 0.1) is 6.92 Å². The Morgan fingerprint density at radius 1 is 1.29 bits per heavy atom. The molecule has 1 aromatic rings. The Bertz CT molecular complexity index is 365. The number of halogens is 4. The SMILES string of the molecule is Cc1ccccc1C(CI)OC(C)C(F)(F)F. The van der Waals surface area contributed by atoms with Gasteiger partial charge in [-0.2, -0.15) is 13.2 Å². The van der Waals surface area contributed by atoms with Crippen LogP contribution < -0.4 is 0 Å². The van der Waals surface area contributed by atoms with Gasteiger partial charge in [0.05, 0.1) is 6.10 Å². The van der Waals surface area contributed by atoms with E-state index in [-0.39, 0.29) is 0 Å². The molecule has 1 aromatic carbocycles. The van der Waals surface area contributed by atoms with Crippen molar-refractivity contribution < 1.29 is 17.9 Å². The molecule has 0 bridgehead atoms. The minimum absolute atomic E-state index is 0.489. The summed E-state index contributed by atoms with van der Waals surface area (Å²) in [4.78, 5) is 0. The molecule has 0 aliphatic rings. The molecule has 5 heteroatoms. The van der Waals surface area contributed by atoms with Crippen LogP contribution in [-0.4, -0.2) is 16.7 Å². The Kier molecular flexibility index (Phi) is 5.24. The van der Waals surface area contributed by atoms with Crippen molar-refractivity contribution in [2.45, 2.75) is 32.2 Å². The Morgan fingerprint density at radius 3 is 2.35 bits per heavy atom. The largest absolute Gasteiger partial charge is 0.414 e.